The summed E-state index contributed by atoms with van der Waals surface area (Å²) in [5.74, 6) is -0.817. The van der Waals surface area contributed by atoms with Crippen molar-refractivity contribution in [2.24, 2.45) is 5.41 Å². The van der Waals surface area contributed by atoms with E-state index in [2.05, 4.69) is 5.32 Å². The summed E-state index contributed by atoms with van der Waals surface area (Å²) in [6.07, 6.45) is 2.73. The lowest BCUT2D eigenvalue weighted by Crippen LogP contribution is -2.23. The summed E-state index contributed by atoms with van der Waals surface area (Å²) < 4.78 is 0. The number of carboxylic acids is 1. The Bertz CT molecular complexity index is 478. The van der Waals surface area contributed by atoms with Crippen molar-refractivity contribution in [1.82, 2.24) is 0 Å². The fourth-order valence-corrected chi connectivity index (χ4v) is 2.09. The number of rotatable bonds is 5. The maximum atomic E-state index is 12.0. The van der Waals surface area contributed by atoms with E-state index in [0.717, 1.165) is 19.3 Å². The van der Waals surface area contributed by atoms with E-state index in [9.17, 15) is 9.59 Å². The van der Waals surface area contributed by atoms with E-state index < -0.39 is 5.97 Å². The molecule has 1 aromatic rings. The van der Waals surface area contributed by atoms with E-state index >= 15 is 0 Å². The summed E-state index contributed by atoms with van der Waals surface area (Å²) in [5, 5.41) is 11.6. The Morgan fingerprint density at radius 3 is 2.67 bits per heavy atom. The van der Waals surface area contributed by atoms with Crippen LogP contribution in [0.4, 0.5) is 5.69 Å². The number of benzene rings is 1. The second kappa shape index (κ2) is 4.80. The molecule has 2 rings (SSSR count). The van der Waals surface area contributed by atoms with Crippen LogP contribution in [0.5, 0.6) is 0 Å². The van der Waals surface area contributed by atoms with Crippen LogP contribution >= 0.6 is 0 Å². The highest BCUT2D eigenvalue weighted by Crippen LogP contribution is 2.49. The Hall–Kier alpha value is -1.84. The zero-order valence-electron chi connectivity index (χ0n) is 10.4. The van der Waals surface area contributed by atoms with Gasteiger partial charge in [0.05, 0.1) is 6.42 Å². The highest BCUT2D eigenvalue weighted by molar-refractivity contribution is 5.97. The van der Waals surface area contributed by atoms with Crippen molar-refractivity contribution < 1.29 is 14.7 Å². The summed E-state index contributed by atoms with van der Waals surface area (Å²) in [6.45, 7) is 2.02. The normalized spacial score (nSPS) is 16.1. The molecule has 0 aromatic heterocycles. The molecule has 18 heavy (non-hydrogen) atoms. The third kappa shape index (κ3) is 2.70. The van der Waals surface area contributed by atoms with Crippen LogP contribution < -0.4 is 5.32 Å². The summed E-state index contributed by atoms with van der Waals surface area (Å²) in [5.41, 5.74) is 1.20. The van der Waals surface area contributed by atoms with Gasteiger partial charge in [-0.25, -0.2) is 0 Å². The predicted molar refractivity (Wildman–Crippen MR) is 68.4 cm³/mol. The molecule has 2 N–H and O–H groups in total. The lowest BCUT2D eigenvalue weighted by molar-refractivity contribution is -0.136. The minimum Gasteiger partial charge on any atom is -0.481 e. The van der Waals surface area contributed by atoms with Crippen molar-refractivity contribution >= 4 is 17.6 Å². The molecule has 1 saturated carbocycles. The van der Waals surface area contributed by atoms with Gasteiger partial charge in [-0.3, -0.25) is 9.59 Å². The number of amides is 1. The zero-order chi connectivity index (χ0) is 13.2. The molecule has 1 fully saturated rings. The van der Waals surface area contributed by atoms with Crippen LogP contribution in [0.25, 0.3) is 0 Å². The first-order valence-electron chi connectivity index (χ1n) is 6.18. The molecule has 1 aliphatic rings. The predicted octanol–water partition coefficient (Wildman–Crippen LogP) is 2.44. The van der Waals surface area contributed by atoms with Crippen molar-refractivity contribution in [3.05, 3.63) is 29.8 Å². The summed E-state index contributed by atoms with van der Waals surface area (Å²) in [4.78, 5) is 22.7. The van der Waals surface area contributed by atoms with Crippen LogP contribution in [0.2, 0.25) is 0 Å². The van der Waals surface area contributed by atoms with Crippen molar-refractivity contribution in [3.8, 4) is 0 Å². The highest BCUT2D eigenvalue weighted by Gasteiger charge is 2.47. The molecule has 1 aliphatic carbocycles. The number of anilines is 1. The monoisotopic (exact) mass is 247 g/mol. The first-order valence-corrected chi connectivity index (χ1v) is 6.18. The Labute approximate surface area is 106 Å². The van der Waals surface area contributed by atoms with Gasteiger partial charge in [0.25, 0.3) is 0 Å². The molecule has 0 unspecified atom stereocenters. The SMILES string of the molecule is CCC1(C(=O)Nc2cccc(CC(=O)O)c2)CC1. The molecule has 0 spiro atoms. The minimum atomic E-state index is -0.870. The fraction of sp³-hybridized carbons (Fsp3) is 0.429. The Kier molecular flexibility index (Phi) is 3.36. The van der Waals surface area contributed by atoms with Gasteiger partial charge < -0.3 is 10.4 Å². The van der Waals surface area contributed by atoms with Crippen LogP contribution in [0.1, 0.15) is 31.7 Å². The summed E-state index contributed by atoms with van der Waals surface area (Å²) in [6, 6.07) is 7.02. The molecule has 4 heteroatoms. The second-order valence-corrected chi connectivity index (χ2v) is 4.86. The molecule has 0 heterocycles. The number of nitrogens with one attached hydrogen (secondary N) is 1. The summed E-state index contributed by atoms with van der Waals surface area (Å²) in [7, 11) is 0. The van der Waals surface area contributed by atoms with E-state index in [1.54, 1.807) is 24.3 Å². The smallest absolute Gasteiger partial charge is 0.307 e. The van der Waals surface area contributed by atoms with Gasteiger partial charge in [-0.15, -0.1) is 0 Å². The summed E-state index contributed by atoms with van der Waals surface area (Å²) >= 11 is 0. The quantitative estimate of drug-likeness (QED) is 0.839. The van der Waals surface area contributed by atoms with Crippen LogP contribution in [-0.4, -0.2) is 17.0 Å². The number of carbonyl (C=O) groups is 2. The van der Waals surface area contributed by atoms with E-state index in [-0.39, 0.29) is 17.7 Å². The van der Waals surface area contributed by atoms with Crippen molar-refractivity contribution in [3.63, 3.8) is 0 Å². The Morgan fingerprint density at radius 2 is 2.11 bits per heavy atom. The fourth-order valence-electron chi connectivity index (χ4n) is 2.09. The third-order valence-electron chi connectivity index (χ3n) is 3.55. The molecule has 0 aliphatic heterocycles. The number of aliphatic carboxylic acids is 1. The number of hydrogen-bond acceptors (Lipinski definition) is 2. The molecule has 0 radical (unpaired) electrons. The van der Waals surface area contributed by atoms with Gasteiger partial charge in [-0.1, -0.05) is 19.1 Å². The molecule has 0 atom stereocenters. The lowest BCUT2D eigenvalue weighted by atomic mass is 10.0. The minimum absolute atomic E-state index is 0.0252. The number of carbonyl (C=O) groups excluding carboxylic acids is 1. The van der Waals surface area contributed by atoms with Gasteiger partial charge in [0.1, 0.15) is 0 Å². The van der Waals surface area contributed by atoms with Crippen LogP contribution in [0.3, 0.4) is 0 Å². The van der Waals surface area contributed by atoms with E-state index in [0.29, 0.717) is 11.3 Å². The van der Waals surface area contributed by atoms with Crippen LogP contribution in [0, 0.1) is 5.41 Å². The zero-order valence-corrected chi connectivity index (χ0v) is 10.4. The third-order valence-corrected chi connectivity index (χ3v) is 3.55. The average molecular weight is 247 g/mol. The molecule has 96 valence electrons. The van der Waals surface area contributed by atoms with Gasteiger partial charge in [0.2, 0.25) is 5.91 Å². The maximum absolute atomic E-state index is 12.0. The van der Waals surface area contributed by atoms with E-state index in [1.165, 1.54) is 0 Å². The first-order chi connectivity index (χ1) is 8.55. The molecular weight excluding hydrogens is 230 g/mol. The number of carboxylic acid groups (broad SMARTS) is 1. The highest BCUT2D eigenvalue weighted by atomic mass is 16.4. The molecular formula is C14H17NO3. The first kappa shape index (κ1) is 12.6. The maximum Gasteiger partial charge on any atom is 0.307 e. The topological polar surface area (TPSA) is 66.4 Å². The van der Waals surface area contributed by atoms with Crippen LogP contribution in [-0.2, 0) is 16.0 Å². The van der Waals surface area contributed by atoms with Crippen molar-refractivity contribution in [2.45, 2.75) is 32.6 Å². The molecule has 0 bridgehead atoms. The average Bonchev–Trinajstić information content (AvgIpc) is 3.09. The van der Waals surface area contributed by atoms with Gasteiger partial charge in [-0.2, -0.15) is 0 Å². The second-order valence-electron chi connectivity index (χ2n) is 4.86. The molecule has 1 aromatic carbocycles. The van der Waals surface area contributed by atoms with E-state index in [4.69, 9.17) is 5.11 Å². The standard InChI is InChI=1S/C14H17NO3/c1-2-14(6-7-14)13(18)15-11-5-3-4-10(8-11)9-12(16)17/h3-5,8H,2,6-7,9H2,1H3,(H,15,18)(H,16,17). The van der Waals surface area contributed by atoms with Gasteiger partial charge in [0, 0.05) is 11.1 Å². The Morgan fingerprint density at radius 1 is 1.39 bits per heavy atom. The van der Waals surface area contributed by atoms with Crippen LogP contribution in [0.15, 0.2) is 24.3 Å². The lowest BCUT2D eigenvalue weighted by Gasteiger charge is -2.13. The van der Waals surface area contributed by atoms with Gasteiger partial charge >= 0.3 is 5.97 Å². The van der Waals surface area contributed by atoms with Crippen molar-refractivity contribution in [1.29, 1.82) is 0 Å². The largest absolute Gasteiger partial charge is 0.481 e. The molecule has 0 saturated heterocycles. The van der Waals surface area contributed by atoms with Gasteiger partial charge in [-0.05, 0) is 37.0 Å². The molecule has 1 amide bonds. The number of hydrogen-bond donors (Lipinski definition) is 2. The van der Waals surface area contributed by atoms with Gasteiger partial charge in [0.15, 0.2) is 0 Å². The Balaban J connectivity index is 2.05. The molecule has 4 nitrogen and oxygen atoms in total. The van der Waals surface area contributed by atoms with Crippen molar-refractivity contribution in [2.75, 3.05) is 5.32 Å². The van der Waals surface area contributed by atoms with E-state index in [1.807, 2.05) is 6.92 Å².